The molecule has 148 valence electrons. The van der Waals surface area contributed by atoms with Crippen LogP contribution in [0.5, 0.6) is 5.75 Å². The lowest BCUT2D eigenvalue weighted by molar-refractivity contribution is 0.317. The number of benzene rings is 1. The van der Waals surface area contributed by atoms with Crippen LogP contribution in [-0.2, 0) is 19.5 Å². The summed E-state index contributed by atoms with van der Waals surface area (Å²) in [5.41, 5.74) is 2.64. The van der Waals surface area contributed by atoms with Gasteiger partial charge in [-0.1, -0.05) is 30.3 Å². The lowest BCUT2D eigenvalue weighted by atomic mass is 10.1. The number of allylic oxidation sites excluding steroid dienone is 1. The van der Waals surface area contributed by atoms with Crippen molar-refractivity contribution in [2.75, 3.05) is 19.7 Å². The molecular formula is C23H28N2O2S. The SMILES string of the molecule is O=c1cc(OCC2CC=CS2)ccn1CCc1ccc(CN2CCCC2)cc1. The Morgan fingerprint density at radius 2 is 1.86 bits per heavy atom. The Kier molecular flexibility index (Phi) is 6.55. The van der Waals surface area contributed by atoms with Gasteiger partial charge in [-0.25, -0.2) is 0 Å². The number of hydrogen-bond donors (Lipinski definition) is 0. The molecule has 1 atom stereocenters. The van der Waals surface area contributed by atoms with Crippen molar-refractivity contribution in [3.8, 4) is 5.75 Å². The van der Waals surface area contributed by atoms with Crippen LogP contribution in [0.3, 0.4) is 0 Å². The van der Waals surface area contributed by atoms with Gasteiger partial charge in [-0.3, -0.25) is 9.69 Å². The van der Waals surface area contributed by atoms with Crippen LogP contribution in [0.4, 0.5) is 0 Å². The monoisotopic (exact) mass is 396 g/mol. The summed E-state index contributed by atoms with van der Waals surface area (Å²) < 4.78 is 7.54. The molecule has 0 amide bonds. The molecular weight excluding hydrogens is 368 g/mol. The predicted octanol–water partition coefficient (Wildman–Crippen LogP) is 4.08. The molecule has 0 bridgehead atoms. The number of likely N-dealkylation sites (tertiary alicyclic amines) is 1. The second-order valence-corrected chi connectivity index (χ2v) is 8.83. The third-order valence-corrected chi connectivity index (χ3v) is 6.50. The van der Waals surface area contributed by atoms with Crippen molar-refractivity contribution >= 4 is 11.8 Å². The predicted molar refractivity (Wildman–Crippen MR) is 116 cm³/mol. The standard InChI is InChI=1S/C23H28N2O2S/c26-23-16-21(27-18-22-4-3-15-28-22)10-14-25(23)13-9-19-5-7-20(8-6-19)17-24-11-1-2-12-24/h3,5-8,10,14-16,22H,1-2,4,9,11-13,17-18H2. The minimum Gasteiger partial charge on any atom is -0.492 e. The first-order valence-corrected chi connectivity index (χ1v) is 11.1. The van der Waals surface area contributed by atoms with E-state index in [4.69, 9.17) is 4.74 Å². The number of pyridine rings is 1. The molecule has 1 aromatic carbocycles. The average Bonchev–Trinajstić information content (AvgIpc) is 3.41. The number of hydrogen-bond acceptors (Lipinski definition) is 4. The van der Waals surface area contributed by atoms with E-state index in [-0.39, 0.29) is 5.56 Å². The number of ether oxygens (including phenoxy) is 1. The second-order valence-electron chi connectivity index (χ2n) is 7.62. The molecule has 1 fully saturated rings. The van der Waals surface area contributed by atoms with E-state index in [1.54, 1.807) is 22.4 Å². The van der Waals surface area contributed by atoms with E-state index in [1.165, 1.54) is 37.1 Å². The maximum absolute atomic E-state index is 12.4. The Bertz CT molecular complexity index is 846. The number of rotatable bonds is 8. The van der Waals surface area contributed by atoms with Gasteiger partial charge in [0.1, 0.15) is 12.4 Å². The zero-order valence-corrected chi connectivity index (χ0v) is 17.1. The molecule has 4 rings (SSSR count). The molecule has 0 saturated carbocycles. The largest absolute Gasteiger partial charge is 0.492 e. The lowest BCUT2D eigenvalue weighted by Gasteiger charge is -2.15. The highest BCUT2D eigenvalue weighted by Crippen LogP contribution is 2.24. The first-order chi connectivity index (χ1) is 13.8. The van der Waals surface area contributed by atoms with E-state index < -0.39 is 0 Å². The summed E-state index contributed by atoms with van der Waals surface area (Å²) in [6.07, 6.45) is 8.56. The first kappa shape index (κ1) is 19.3. The van der Waals surface area contributed by atoms with Crippen LogP contribution < -0.4 is 10.3 Å². The van der Waals surface area contributed by atoms with Crippen LogP contribution in [0.25, 0.3) is 0 Å². The maximum Gasteiger partial charge on any atom is 0.254 e. The molecule has 0 N–H and O–H groups in total. The number of aryl methyl sites for hydroxylation is 2. The van der Waals surface area contributed by atoms with Crippen LogP contribution in [-0.4, -0.2) is 34.4 Å². The van der Waals surface area contributed by atoms with Crippen molar-refractivity contribution in [3.05, 3.63) is 75.6 Å². The zero-order valence-electron chi connectivity index (χ0n) is 16.3. The van der Waals surface area contributed by atoms with Gasteiger partial charge in [0, 0.05) is 30.6 Å². The third kappa shape index (κ3) is 5.30. The van der Waals surface area contributed by atoms with E-state index in [9.17, 15) is 4.79 Å². The van der Waals surface area contributed by atoms with Crippen LogP contribution in [0.1, 0.15) is 30.4 Å². The Morgan fingerprint density at radius 3 is 2.57 bits per heavy atom. The van der Waals surface area contributed by atoms with Crippen molar-refractivity contribution in [2.45, 2.75) is 44.0 Å². The molecule has 1 unspecified atom stereocenters. The number of aromatic nitrogens is 1. The average molecular weight is 397 g/mol. The normalized spacial score (nSPS) is 19.4. The summed E-state index contributed by atoms with van der Waals surface area (Å²) in [6.45, 7) is 4.83. The van der Waals surface area contributed by atoms with Crippen molar-refractivity contribution < 1.29 is 4.74 Å². The molecule has 0 spiro atoms. The van der Waals surface area contributed by atoms with Crippen molar-refractivity contribution in [1.82, 2.24) is 9.47 Å². The zero-order chi connectivity index (χ0) is 19.2. The third-order valence-electron chi connectivity index (χ3n) is 5.44. The summed E-state index contributed by atoms with van der Waals surface area (Å²) in [7, 11) is 0. The van der Waals surface area contributed by atoms with Gasteiger partial charge >= 0.3 is 0 Å². The molecule has 1 aromatic heterocycles. The van der Waals surface area contributed by atoms with Gasteiger partial charge in [-0.15, -0.1) is 11.8 Å². The summed E-state index contributed by atoms with van der Waals surface area (Å²) in [5, 5.41) is 2.58. The summed E-state index contributed by atoms with van der Waals surface area (Å²) >= 11 is 1.79. The van der Waals surface area contributed by atoms with E-state index in [2.05, 4.69) is 40.6 Å². The van der Waals surface area contributed by atoms with Crippen molar-refractivity contribution in [3.63, 3.8) is 0 Å². The molecule has 2 aliphatic heterocycles. The fourth-order valence-corrected chi connectivity index (χ4v) is 4.56. The van der Waals surface area contributed by atoms with Crippen molar-refractivity contribution in [2.24, 2.45) is 0 Å². The van der Waals surface area contributed by atoms with E-state index in [0.29, 0.717) is 24.2 Å². The van der Waals surface area contributed by atoms with Gasteiger partial charge in [0.05, 0.1) is 0 Å². The molecule has 0 aliphatic carbocycles. The Morgan fingerprint density at radius 1 is 1.07 bits per heavy atom. The summed E-state index contributed by atoms with van der Waals surface area (Å²) in [5.74, 6) is 0.667. The molecule has 2 aromatic rings. The summed E-state index contributed by atoms with van der Waals surface area (Å²) in [6, 6.07) is 12.3. The van der Waals surface area contributed by atoms with E-state index in [1.807, 2.05) is 12.3 Å². The fraction of sp³-hybridized carbons (Fsp3) is 0.435. The molecule has 3 heterocycles. The second kappa shape index (κ2) is 9.48. The minimum atomic E-state index is 0.000327. The summed E-state index contributed by atoms with van der Waals surface area (Å²) in [4.78, 5) is 14.9. The molecule has 2 aliphatic rings. The van der Waals surface area contributed by atoms with Gasteiger partial charge in [0.2, 0.25) is 0 Å². The van der Waals surface area contributed by atoms with Crippen LogP contribution in [0, 0.1) is 0 Å². The van der Waals surface area contributed by atoms with Gasteiger partial charge in [-0.05, 0) is 61.4 Å². The van der Waals surface area contributed by atoms with Gasteiger partial charge < -0.3 is 9.30 Å². The molecule has 4 nitrogen and oxygen atoms in total. The van der Waals surface area contributed by atoms with Gasteiger partial charge in [0.25, 0.3) is 5.56 Å². The molecule has 28 heavy (non-hydrogen) atoms. The number of nitrogens with zero attached hydrogens (tertiary/aromatic N) is 2. The van der Waals surface area contributed by atoms with E-state index in [0.717, 1.165) is 19.4 Å². The number of thioether (sulfide) groups is 1. The highest BCUT2D eigenvalue weighted by atomic mass is 32.2. The quantitative estimate of drug-likeness (QED) is 0.673. The Labute approximate surface area is 171 Å². The maximum atomic E-state index is 12.4. The highest BCUT2D eigenvalue weighted by Gasteiger charge is 2.12. The van der Waals surface area contributed by atoms with Crippen LogP contribution in [0.15, 0.2) is 58.9 Å². The topological polar surface area (TPSA) is 34.5 Å². The smallest absolute Gasteiger partial charge is 0.254 e. The fourth-order valence-electron chi connectivity index (χ4n) is 3.75. The van der Waals surface area contributed by atoms with Gasteiger partial charge in [-0.2, -0.15) is 0 Å². The Hall–Kier alpha value is -1.98. The first-order valence-electron chi connectivity index (χ1n) is 10.2. The minimum absolute atomic E-state index is 0.000327. The van der Waals surface area contributed by atoms with Gasteiger partial charge in [0.15, 0.2) is 0 Å². The van der Waals surface area contributed by atoms with E-state index >= 15 is 0 Å². The molecule has 1 saturated heterocycles. The highest BCUT2D eigenvalue weighted by molar-refractivity contribution is 8.03. The molecule has 0 radical (unpaired) electrons. The Balaban J connectivity index is 1.27. The molecule has 5 heteroatoms. The lowest BCUT2D eigenvalue weighted by Crippen LogP contribution is -2.20. The van der Waals surface area contributed by atoms with Crippen LogP contribution >= 0.6 is 11.8 Å². The van der Waals surface area contributed by atoms with Crippen LogP contribution in [0.2, 0.25) is 0 Å². The van der Waals surface area contributed by atoms with Crippen molar-refractivity contribution in [1.29, 1.82) is 0 Å².